The van der Waals surface area contributed by atoms with Crippen LogP contribution in [0.4, 0.5) is 0 Å². The summed E-state index contributed by atoms with van der Waals surface area (Å²) in [5.74, 6) is 0.680. The zero-order chi connectivity index (χ0) is 13.3. The second-order valence-electron chi connectivity index (χ2n) is 5.29. The Kier molecular flexibility index (Phi) is 4.49. The monoisotopic (exact) mass is 287 g/mol. The first-order chi connectivity index (χ1) is 8.47. The minimum Gasteiger partial charge on any atom is -0.305 e. The van der Waals surface area contributed by atoms with Gasteiger partial charge in [0.15, 0.2) is 0 Å². The number of likely N-dealkylation sites (tertiary alicyclic amines) is 1. The molecule has 2 unspecified atom stereocenters. The highest BCUT2D eigenvalue weighted by Crippen LogP contribution is 2.24. The lowest BCUT2D eigenvalue weighted by molar-refractivity contribution is 0.250. The van der Waals surface area contributed by atoms with E-state index >= 15 is 0 Å². The summed E-state index contributed by atoms with van der Waals surface area (Å²) in [6.45, 7) is 5.32. The van der Waals surface area contributed by atoms with Gasteiger partial charge in [-0.05, 0) is 26.1 Å². The first kappa shape index (κ1) is 14.1. The molecule has 1 aliphatic rings. The molecular weight excluding hydrogens is 269 g/mol. The van der Waals surface area contributed by atoms with Crippen molar-refractivity contribution in [2.24, 2.45) is 5.92 Å². The van der Waals surface area contributed by atoms with Crippen molar-refractivity contribution in [3.8, 4) is 0 Å². The SMILES string of the molecule is CC1CN(Cc2ccc(Cl)nc2Cl)CC1N(C)C. The van der Waals surface area contributed by atoms with Gasteiger partial charge in [0, 0.05) is 31.2 Å². The van der Waals surface area contributed by atoms with Gasteiger partial charge in [-0.3, -0.25) is 4.90 Å². The smallest absolute Gasteiger partial charge is 0.135 e. The van der Waals surface area contributed by atoms with E-state index in [1.807, 2.05) is 6.07 Å². The minimum absolute atomic E-state index is 0.449. The van der Waals surface area contributed by atoms with E-state index in [1.165, 1.54) is 0 Å². The third-order valence-electron chi connectivity index (χ3n) is 3.60. The fraction of sp³-hybridized carbons (Fsp3) is 0.615. The fourth-order valence-corrected chi connectivity index (χ4v) is 3.05. The topological polar surface area (TPSA) is 19.4 Å². The summed E-state index contributed by atoms with van der Waals surface area (Å²) in [7, 11) is 4.28. The predicted octanol–water partition coefficient (Wildman–Crippen LogP) is 2.77. The molecule has 1 aliphatic heterocycles. The summed E-state index contributed by atoms with van der Waals surface area (Å²) in [5.41, 5.74) is 1.05. The molecule has 0 aromatic carbocycles. The van der Waals surface area contributed by atoms with Gasteiger partial charge in [0.25, 0.3) is 0 Å². The Labute approximate surface area is 119 Å². The number of halogens is 2. The van der Waals surface area contributed by atoms with Crippen LogP contribution in [0, 0.1) is 5.92 Å². The normalized spacial score (nSPS) is 25.0. The quantitative estimate of drug-likeness (QED) is 0.797. The van der Waals surface area contributed by atoms with E-state index in [-0.39, 0.29) is 0 Å². The van der Waals surface area contributed by atoms with Crippen molar-refractivity contribution in [2.45, 2.75) is 19.5 Å². The summed E-state index contributed by atoms with van der Waals surface area (Å²) in [4.78, 5) is 8.80. The van der Waals surface area contributed by atoms with Gasteiger partial charge in [0.05, 0.1) is 0 Å². The maximum Gasteiger partial charge on any atom is 0.135 e. The van der Waals surface area contributed by atoms with Crippen molar-refractivity contribution in [1.29, 1.82) is 0 Å². The molecular formula is C13H19Cl2N3. The number of hydrogen-bond donors (Lipinski definition) is 0. The molecule has 0 aliphatic carbocycles. The standard InChI is InChI=1S/C13H19Cl2N3/c1-9-6-18(8-11(9)17(2)3)7-10-4-5-12(14)16-13(10)15/h4-5,9,11H,6-8H2,1-3H3. The van der Waals surface area contributed by atoms with Crippen LogP contribution in [0.1, 0.15) is 12.5 Å². The van der Waals surface area contributed by atoms with Gasteiger partial charge in [0.2, 0.25) is 0 Å². The molecule has 2 heterocycles. The Morgan fingerprint density at radius 2 is 2.06 bits per heavy atom. The molecule has 1 aromatic heterocycles. The highest BCUT2D eigenvalue weighted by molar-refractivity contribution is 6.32. The Hall–Kier alpha value is -0.350. The van der Waals surface area contributed by atoms with Gasteiger partial charge < -0.3 is 4.90 Å². The van der Waals surface area contributed by atoms with E-state index in [9.17, 15) is 0 Å². The van der Waals surface area contributed by atoms with Crippen molar-refractivity contribution in [3.05, 3.63) is 28.0 Å². The number of nitrogens with zero attached hydrogens (tertiary/aromatic N) is 3. The number of pyridine rings is 1. The summed E-state index contributed by atoms with van der Waals surface area (Å²) in [5, 5.41) is 0.966. The van der Waals surface area contributed by atoms with Crippen LogP contribution < -0.4 is 0 Å². The molecule has 1 aromatic rings. The average Bonchev–Trinajstić information content (AvgIpc) is 2.64. The van der Waals surface area contributed by atoms with Crippen molar-refractivity contribution in [3.63, 3.8) is 0 Å². The van der Waals surface area contributed by atoms with Crippen molar-refractivity contribution in [2.75, 3.05) is 27.2 Å². The molecule has 5 heteroatoms. The Morgan fingerprint density at radius 3 is 2.61 bits per heavy atom. The molecule has 18 heavy (non-hydrogen) atoms. The van der Waals surface area contributed by atoms with Gasteiger partial charge in [-0.1, -0.05) is 36.2 Å². The molecule has 100 valence electrons. The zero-order valence-corrected chi connectivity index (χ0v) is 12.5. The second-order valence-corrected chi connectivity index (χ2v) is 6.03. The van der Waals surface area contributed by atoms with Crippen LogP contribution in [-0.4, -0.2) is 48.0 Å². The second kappa shape index (κ2) is 5.74. The molecule has 1 saturated heterocycles. The molecule has 1 fully saturated rings. The Bertz CT molecular complexity index is 423. The number of aromatic nitrogens is 1. The maximum absolute atomic E-state index is 6.11. The molecule has 2 atom stereocenters. The van der Waals surface area contributed by atoms with Crippen molar-refractivity contribution in [1.82, 2.24) is 14.8 Å². The van der Waals surface area contributed by atoms with Crippen LogP contribution in [0.25, 0.3) is 0 Å². The summed E-state index contributed by atoms with van der Waals surface area (Å²) in [6, 6.07) is 4.38. The number of rotatable bonds is 3. The van der Waals surface area contributed by atoms with Gasteiger partial charge in [0.1, 0.15) is 10.3 Å². The lowest BCUT2D eigenvalue weighted by Gasteiger charge is -2.22. The molecule has 0 bridgehead atoms. The largest absolute Gasteiger partial charge is 0.305 e. The highest BCUT2D eigenvalue weighted by atomic mass is 35.5. The van der Waals surface area contributed by atoms with E-state index in [1.54, 1.807) is 6.07 Å². The summed E-state index contributed by atoms with van der Waals surface area (Å²) in [6.07, 6.45) is 0. The van der Waals surface area contributed by atoms with Gasteiger partial charge in [-0.25, -0.2) is 4.98 Å². The third kappa shape index (κ3) is 3.15. The molecule has 0 amide bonds. The van der Waals surface area contributed by atoms with Crippen molar-refractivity contribution < 1.29 is 0 Å². The minimum atomic E-state index is 0.449. The van der Waals surface area contributed by atoms with E-state index in [4.69, 9.17) is 23.2 Å². The van der Waals surface area contributed by atoms with Gasteiger partial charge in [-0.2, -0.15) is 0 Å². The Morgan fingerprint density at radius 1 is 1.33 bits per heavy atom. The molecule has 0 radical (unpaired) electrons. The third-order valence-corrected chi connectivity index (χ3v) is 4.14. The van der Waals surface area contributed by atoms with Crippen LogP contribution in [0.5, 0.6) is 0 Å². The first-order valence-electron chi connectivity index (χ1n) is 6.17. The summed E-state index contributed by atoms with van der Waals surface area (Å²) >= 11 is 11.9. The molecule has 0 N–H and O–H groups in total. The van der Waals surface area contributed by atoms with Crippen molar-refractivity contribution >= 4 is 23.2 Å². The lowest BCUT2D eigenvalue weighted by Crippen LogP contribution is -2.34. The zero-order valence-electron chi connectivity index (χ0n) is 11.0. The van der Waals surface area contributed by atoms with E-state index in [0.717, 1.165) is 25.2 Å². The summed E-state index contributed by atoms with van der Waals surface area (Å²) < 4.78 is 0. The lowest BCUT2D eigenvalue weighted by atomic mass is 10.1. The first-order valence-corrected chi connectivity index (χ1v) is 6.92. The molecule has 0 spiro atoms. The van der Waals surface area contributed by atoms with E-state index < -0.39 is 0 Å². The van der Waals surface area contributed by atoms with Gasteiger partial charge >= 0.3 is 0 Å². The molecule has 0 saturated carbocycles. The number of hydrogen-bond acceptors (Lipinski definition) is 3. The average molecular weight is 288 g/mol. The Balaban J connectivity index is 2.03. The highest BCUT2D eigenvalue weighted by Gasteiger charge is 2.31. The van der Waals surface area contributed by atoms with Crippen LogP contribution in [0.3, 0.4) is 0 Å². The molecule has 2 rings (SSSR count). The van der Waals surface area contributed by atoms with Crippen LogP contribution in [-0.2, 0) is 6.54 Å². The predicted molar refractivity (Wildman–Crippen MR) is 76.2 cm³/mol. The van der Waals surface area contributed by atoms with Crippen LogP contribution >= 0.6 is 23.2 Å². The molecule has 3 nitrogen and oxygen atoms in total. The van der Waals surface area contributed by atoms with E-state index in [2.05, 4.69) is 35.8 Å². The maximum atomic E-state index is 6.11. The number of likely N-dealkylation sites (N-methyl/N-ethyl adjacent to an activating group) is 1. The van der Waals surface area contributed by atoms with E-state index in [0.29, 0.717) is 22.3 Å². The van der Waals surface area contributed by atoms with Crippen LogP contribution in [0.2, 0.25) is 10.3 Å². The van der Waals surface area contributed by atoms with Gasteiger partial charge in [-0.15, -0.1) is 0 Å². The fourth-order valence-electron chi connectivity index (χ4n) is 2.65. The van der Waals surface area contributed by atoms with Crippen LogP contribution in [0.15, 0.2) is 12.1 Å².